The molecular weight excluding hydrogens is 198 g/mol. The molecule has 1 amide bonds. The third-order valence-corrected chi connectivity index (χ3v) is 3.07. The van der Waals surface area contributed by atoms with Crippen LogP contribution >= 0.6 is 0 Å². The Morgan fingerprint density at radius 3 is 2.62 bits per heavy atom. The maximum absolute atomic E-state index is 11.8. The van der Waals surface area contributed by atoms with Crippen molar-refractivity contribution in [2.75, 3.05) is 0 Å². The second-order valence-corrected chi connectivity index (χ2v) is 4.97. The van der Waals surface area contributed by atoms with Gasteiger partial charge in [0.25, 0.3) is 5.91 Å². The fourth-order valence-electron chi connectivity index (χ4n) is 1.96. The van der Waals surface area contributed by atoms with E-state index in [0.29, 0.717) is 12.0 Å². The van der Waals surface area contributed by atoms with Gasteiger partial charge in [-0.05, 0) is 48.9 Å². The minimum absolute atomic E-state index is 0. The van der Waals surface area contributed by atoms with Gasteiger partial charge in [-0.15, -0.1) is 0 Å². The second-order valence-electron chi connectivity index (χ2n) is 4.97. The number of carbonyl (C=O) groups is 1. The standard InChI is InChI=1S/C14H19NO.H2/c1-9(2)13-7-4-11(8-10(13)3)14(16)15-12-5-6-12;/h4,7-9,12H,5-6H2,1-3H3,(H,15,16);1H. The Morgan fingerprint density at radius 1 is 1.44 bits per heavy atom. The highest BCUT2D eigenvalue weighted by atomic mass is 16.1. The summed E-state index contributed by atoms with van der Waals surface area (Å²) in [6, 6.07) is 6.42. The second kappa shape index (κ2) is 4.28. The van der Waals surface area contributed by atoms with Crippen LogP contribution in [0.15, 0.2) is 18.2 Å². The maximum Gasteiger partial charge on any atom is 0.251 e. The normalized spacial score (nSPS) is 15.2. The molecule has 0 saturated heterocycles. The van der Waals surface area contributed by atoms with Gasteiger partial charge >= 0.3 is 0 Å². The van der Waals surface area contributed by atoms with Crippen LogP contribution in [0, 0.1) is 6.92 Å². The topological polar surface area (TPSA) is 29.1 Å². The highest BCUT2D eigenvalue weighted by molar-refractivity contribution is 5.94. The molecule has 0 radical (unpaired) electrons. The van der Waals surface area contributed by atoms with Crippen molar-refractivity contribution < 1.29 is 6.22 Å². The zero-order chi connectivity index (χ0) is 11.7. The quantitative estimate of drug-likeness (QED) is 0.830. The summed E-state index contributed by atoms with van der Waals surface area (Å²) in [5, 5.41) is 3.01. The number of carbonyl (C=O) groups excluding carboxylic acids is 1. The number of amides is 1. The molecule has 0 bridgehead atoms. The summed E-state index contributed by atoms with van der Waals surface area (Å²) in [6.07, 6.45) is 2.27. The first-order chi connectivity index (χ1) is 7.58. The fraction of sp³-hybridized carbons (Fsp3) is 0.500. The summed E-state index contributed by atoms with van der Waals surface area (Å²) < 4.78 is 0. The predicted octanol–water partition coefficient (Wildman–Crippen LogP) is 3.26. The van der Waals surface area contributed by atoms with Crippen LogP contribution in [0.5, 0.6) is 0 Å². The number of aryl methyl sites for hydroxylation is 1. The Balaban J connectivity index is 0.00000144. The third-order valence-electron chi connectivity index (χ3n) is 3.07. The molecule has 0 aliphatic heterocycles. The molecule has 1 aromatic carbocycles. The van der Waals surface area contributed by atoms with E-state index < -0.39 is 0 Å². The predicted molar refractivity (Wildman–Crippen MR) is 67.9 cm³/mol. The Bertz CT molecular complexity index is 411. The summed E-state index contributed by atoms with van der Waals surface area (Å²) in [6.45, 7) is 6.42. The lowest BCUT2D eigenvalue weighted by atomic mass is 9.96. The Kier molecular flexibility index (Phi) is 2.99. The molecule has 1 aliphatic rings. The molecule has 1 fully saturated rings. The summed E-state index contributed by atoms with van der Waals surface area (Å²) in [5.41, 5.74) is 3.32. The summed E-state index contributed by atoms with van der Waals surface area (Å²) >= 11 is 0. The first kappa shape index (κ1) is 11.2. The molecule has 0 atom stereocenters. The van der Waals surface area contributed by atoms with Crippen LogP contribution in [-0.4, -0.2) is 11.9 Å². The van der Waals surface area contributed by atoms with E-state index in [-0.39, 0.29) is 7.33 Å². The van der Waals surface area contributed by atoms with Crippen LogP contribution in [0.3, 0.4) is 0 Å². The van der Waals surface area contributed by atoms with Gasteiger partial charge in [0.05, 0.1) is 0 Å². The average molecular weight is 219 g/mol. The van der Waals surface area contributed by atoms with Gasteiger partial charge < -0.3 is 5.32 Å². The van der Waals surface area contributed by atoms with Crippen molar-refractivity contribution in [3.63, 3.8) is 0 Å². The van der Waals surface area contributed by atoms with E-state index in [2.05, 4.69) is 32.2 Å². The monoisotopic (exact) mass is 219 g/mol. The molecule has 0 aromatic heterocycles. The Labute approximate surface area is 98.5 Å². The molecule has 2 rings (SSSR count). The van der Waals surface area contributed by atoms with Crippen molar-refractivity contribution >= 4 is 5.91 Å². The highest BCUT2D eigenvalue weighted by Crippen LogP contribution is 2.22. The van der Waals surface area contributed by atoms with Crippen LogP contribution < -0.4 is 5.32 Å². The highest BCUT2D eigenvalue weighted by Gasteiger charge is 2.23. The molecule has 1 N–H and O–H groups in total. The fourth-order valence-corrected chi connectivity index (χ4v) is 1.96. The number of nitrogens with one attached hydrogen (secondary N) is 1. The summed E-state index contributed by atoms with van der Waals surface area (Å²) in [5.74, 6) is 0.585. The smallest absolute Gasteiger partial charge is 0.251 e. The lowest BCUT2D eigenvalue weighted by molar-refractivity contribution is 0.0951. The summed E-state index contributed by atoms with van der Waals surface area (Å²) in [4.78, 5) is 11.8. The van der Waals surface area contributed by atoms with Gasteiger partial charge in [0.15, 0.2) is 0 Å². The lowest BCUT2D eigenvalue weighted by Crippen LogP contribution is -2.25. The molecular formula is C14H21NO. The molecule has 2 nitrogen and oxygen atoms in total. The summed E-state index contributed by atoms with van der Waals surface area (Å²) in [7, 11) is 0. The largest absolute Gasteiger partial charge is 0.349 e. The number of benzene rings is 1. The molecule has 1 aliphatic carbocycles. The Morgan fingerprint density at radius 2 is 2.12 bits per heavy atom. The van der Waals surface area contributed by atoms with Crippen molar-refractivity contribution in [3.8, 4) is 0 Å². The van der Waals surface area contributed by atoms with Crippen molar-refractivity contribution in [2.24, 2.45) is 0 Å². The third kappa shape index (κ3) is 2.43. The van der Waals surface area contributed by atoms with Gasteiger partial charge in [0, 0.05) is 13.0 Å². The van der Waals surface area contributed by atoms with E-state index >= 15 is 0 Å². The first-order valence-electron chi connectivity index (χ1n) is 5.99. The number of hydrogen-bond donors (Lipinski definition) is 1. The molecule has 0 unspecified atom stereocenters. The Hall–Kier alpha value is -1.31. The van der Waals surface area contributed by atoms with E-state index in [1.165, 1.54) is 11.1 Å². The van der Waals surface area contributed by atoms with E-state index in [9.17, 15) is 4.79 Å². The lowest BCUT2D eigenvalue weighted by Gasteiger charge is -2.11. The van der Waals surface area contributed by atoms with Crippen LogP contribution in [0.25, 0.3) is 0 Å². The molecule has 88 valence electrons. The van der Waals surface area contributed by atoms with Crippen LogP contribution in [0.1, 0.15) is 55.5 Å². The van der Waals surface area contributed by atoms with Crippen LogP contribution in [0.4, 0.5) is 0 Å². The minimum atomic E-state index is 0. The SMILES string of the molecule is Cc1cc(C(=O)NC2CC2)ccc1C(C)C.[HH]. The number of rotatable bonds is 3. The molecule has 0 spiro atoms. The first-order valence-corrected chi connectivity index (χ1v) is 5.99. The van der Waals surface area contributed by atoms with Crippen LogP contribution in [0.2, 0.25) is 0 Å². The minimum Gasteiger partial charge on any atom is -0.349 e. The van der Waals surface area contributed by atoms with Gasteiger partial charge in [0.2, 0.25) is 0 Å². The molecule has 2 heteroatoms. The van der Waals surface area contributed by atoms with Gasteiger partial charge in [-0.1, -0.05) is 19.9 Å². The number of hydrogen-bond acceptors (Lipinski definition) is 1. The van der Waals surface area contributed by atoms with Gasteiger partial charge in [-0.2, -0.15) is 0 Å². The van der Waals surface area contributed by atoms with E-state index in [0.717, 1.165) is 18.4 Å². The van der Waals surface area contributed by atoms with E-state index in [1.807, 2.05) is 12.1 Å². The molecule has 0 heterocycles. The van der Waals surface area contributed by atoms with Gasteiger partial charge in [0.1, 0.15) is 0 Å². The zero-order valence-electron chi connectivity index (χ0n) is 10.2. The van der Waals surface area contributed by atoms with Crippen molar-refractivity contribution in [3.05, 3.63) is 34.9 Å². The van der Waals surface area contributed by atoms with Crippen LogP contribution in [-0.2, 0) is 0 Å². The van der Waals surface area contributed by atoms with Gasteiger partial charge in [-0.25, -0.2) is 0 Å². The average Bonchev–Trinajstić information content (AvgIpc) is 3.00. The maximum atomic E-state index is 11.8. The molecule has 16 heavy (non-hydrogen) atoms. The van der Waals surface area contributed by atoms with Crippen molar-refractivity contribution in [1.82, 2.24) is 5.32 Å². The molecule has 1 saturated carbocycles. The van der Waals surface area contributed by atoms with E-state index in [1.54, 1.807) is 0 Å². The van der Waals surface area contributed by atoms with Gasteiger partial charge in [-0.3, -0.25) is 4.79 Å². The van der Waals surface area contributed by atoms with E-state index in [4.69, 9.17) is 0 Å². The van der Waals surface area contributed by atoms with Crippen molar-refractivity contribution in [1.29, 1.82) is 0 Å². The van der Waals surface area contributed by atoms with Crippen molar-refractivity contribution in [2.45, 2.75) is 45.6 Å². The molecule has 1 aromatic rings. The zero-order valence-corrected chi connectivity index (χ0v) is 10.2.